The van der Waals surface area contributed by atoms with Crippen LogP contribution in [0.1, 0.15) is 13.3 Å². The maximum Gasteiger partial charge on any atom is 0.223 e. The summed E-state index contributed by atoms with van der Waals surface area (Å²) in [6.07, 6.45) is 0.748. The standard InChI is InChI=1S/C8H14N2O/c1-6-8(4-9-5-8)3-7(11)10(6)2/h6,9H,3-5H2,1-2H3. The third-order valence-electron chi connectivity index (χ3n) is 3.32. The molecule has 2 heterocycles. The Hall–Kier alpha value is -0.570. The molecule has 2 rings (SSSR count). The van der Waals surface area contributed by atoms with E-state index in [0.29, 0.717) is 11.9 Å². The van der Waals surface area contributed by atoms with Crippen LogP contribution in [-0.2, 0) is 4.79 Å². The minimum Gasteiger partial charge on any atom is -0.342 e. The second-order valence-corrected chi connectivity index (χ2v) is 3.82. The van der Waals surface area contributed by atoms with E-state index in [9.17, 15) is 4.79 Å². The van der Waals surface area contributed by atoms with Crippen molar-refractivity contribution in [2.75, 3.05) is 20.1 Å². The van der Waals surface area contributed by atoms with E-state index in [1.165, 1.54) is 0 Å². The third-order valence-corrected chi connectivity index (χ3v) is 3.32. The van der Waals surface area contributed by atoms with Crippen LogP contribution in [0.2, 0.25) is 0 Å². The molecule has 11 heavy (non-hydrogen) atoms. The quantitative estimate of drug-likeness (QED) is 0.525. The summed E-state index contributed by atoms with van der Waals surface area (Å²) in [5.74, 6) is 0.305. The highest BCUT2D eigenvalue weighted by atomic mass is 16.2. The highest BCUT2D eigenvalue weighted by Crippen LogP contribution is 2.39. The summed E-state index contributed by atoms with van der Waals surface area (Å²) in [7, 11) is 1.90. The maximum atomic E-state index is 11.3. The molecule has 0 bridgehead atoms. The van der Waals surface area contributed by atoms with Crippen LogP contribution in [0, 0.1) is 5.41 Å². The molecule has 0 aromatic rings. The molecular formula is C8H14N2O. The monoisotopic (exact) mass is 154 g/mol. The van der Waals surface area contributed by atoms with E-state index < -0.39 is 0 Å². The van der Waals surface area contributed by atoms with E-state index in [1.54, 1.807) is 0 Å². The van der Waals surface area contributed by atoms with Gasteiger partial charge in [0, 0.05) is 38.0 Å². The Bertz CT molecular complexity index is 198. The highest BCUT2D eigenvalue weighted by Gasteiger charge is 2.51. The zero-order valence-electron chi connectivity index (χ0n) is 7.05. The SMILES string of the molecule is CC1N(C)C(=O)CC12CNC2. The lowest BCUT2D eigenvalue weighted by atomic mass is 9.75. The lowest BCUT2D eigenvalue weighted by Crippen LogP contribution is -2.58. The summed E-state index contributed by atoms with van der Waals surface area (Å²) < 4.78 is 0. The molecule has 0 saturated carbocycles. The minimum absolute atomic E-state index is 0.284. The van der Waals surface area contributed by atoms with Crippen LogP contribution in [0.3, 0.4) is 0 Å². The Balaban J connectivity index is 2.20. The van der Waals surface area contributed by atoms with Crippen molar-refractivity contribution in [2.45, 2.75) is 19.4 Å². The van der Waals surface area contributed by atoms with Gasteiger partial charge in [0.2, 0.25) is 5.91 Å². The summed E-state index contributed by atoms with van der Waals surface area (Å²) in [6.45, 7) is 4.18. The van der Waals surface area contributed by atoms with Gasteiger partial charge < -0.3 is 10.2 Å². The molecule has 1 N–H and O–H groups in total. The van der Waals surface area contributed by atoms with Crippen LogP contribution in [0.15, 0.2) is 0 Å². The molecule has 1 amide bonds. The zero-order valence-corrected chi connectivity index (χ0v) is 7.05. The molecule has 0 aliphatic carbocycles. The molecule has 0 aromatic heterocycles. The van der Waals surface area contributed by atoms with Crippen molar-refractivity contribution >= 4 is 5.91 Å². The Kier molecular flexibility index (Phi) is 1.27. The number of carbonyl (C=O) groups is 1. The lowest BCUT2D eigenvalue weighted by Gasteiger charge is -2.42. The molecule has 2 aliphatic rings. The first-order chi connectivity index (χ1) is 5.16. The number of rotatable bonds is 0. The van der Waals surface area contributed by atoms with Crippen molar-refractivity contribution in [1.82, 2.24) is 10.2 Å². The fourth-order valence-electron chi connectivity index (χ4n) is 2.07. The van der Waals surface area contributed by atoms with Gasteiger partial charge in [-0.25, -0.2) is 0 Å². The first kappa shape index (κ1) is 7.10. The van der Waals surface area contributed by atoms with Crippen LogP contribution >= 0.6 is 0 Å². The Morgan fingerprint density at radius 1 is 1.64 bits per heavy atom. The van der Waals surface area contributed by atoms with E-state index in [0.717, 1.165) is 19.5 Å². The normalized spacial score (nSPS) is 34.5. The van der Waals surface area contributed by atoms with E-state index in [-0.39, 0.29) is 5.41 Å². The van der Waals surface area contributed by atoms with Gasteiger partial charge in [-0.15, -0.1) is 0 Å². The Morgan fingerprint density at radius 3 is 2.45 bits per heavy atom. The third kappa shape index (κ3) is 0.745. The van der Waals surface area contributed by atoms with Crippen molar-refractivity contribution in [2.24, 2.45) is 5.41 Å². The fourth-order valence-corrected chi connectivity index (χ4v) is 2.07. The van der Waals surface area contributed by atoms with Crippen molar-refractivity contribution in [3.63, 3.8) is 0 Å². The van der Waals surface area contributed by atoms with Crippen LogP contribution in [0.25, 0.3) is 0 Å². The summed E-state index contributed by atoms with van der Waals surface area (Å²) in [5, 5.41) is 3.24. The van der Waals surface area contributed by atoms with E-state index in [4.69, 9.17) is 0 Å². The smallest absolute Gasteiger partial charge is 0.223 e. The number of hydrogen-bond donors (Lipinski definition) is 1. The number of likely N-dealkylation sites (tertiary alicyclic amines) is 1. The molecule has 3 heteroatoms. The van der Waals surface area contributed by atoms with Gasteiger partial charge >= 0.3 is 0 Å². The molecule has 62 valence electrons. The van der Waals surface area contributed by atoms with Gasteiger partial charge in [-0.05, 0) is 6.92 Å². The van der Waals surface area contributed by atoms with Gasteiger partial charge in [0.25, 0.3) is 0 Å². The second kappa shape index (κ2) is 1.97. The van der Waals surface area contributed by atoms with Crippen LogP contribution < -0.4 is 5.32 Å². The molecule has 3 nitrogen and oxygen atoms in total. The highest BCUT2D eigenvalue weighted by molar-refractivity contribution is 5.80. The van der Waals surface area contributed by atoms with Crippen molar-refractivity contribution < 1.29 is 4.79 Å². The zero-order chi connectivity index (χ0) is 8.06. The van der Waals surface area contributed by atoms with E-state index in [1.807, 2.05) is 11.9 Å². The first-order valence-electron chi connectivity index (χ1n) is 4.12. The number of nitrogens with one attached hydrogen (secondary N) is 1. The summed E-state index contributed by atoms with van der Waals surface area (Å²) in [4.78, 5) is 13.2. The topological polar surface area (TPSA) is 32.3 Å². The molecule has 1 spiro atoms. The predicted molar refractivity (Wildman–Crippen MR) is 42.2 cm³/mol. The summed E-state index contributed by atoms with van der Waals surface area (Å²) in [6, 6.07) is 0.427. The fraction of sp³-hybridized carbons (Fsp3) is 0.875. The molecule has 1 atom stereocenters. The van der Waals surface area contributed by atoms with Crippen molar-refractivity contribution in [3.05, 3.63) is 0 Å². The lowest BCUT2D eigenvalue weighted by molar-refractivity contribution is -0.127. The largest absolute Gasteiger partial charge is 0.342 e. The van der Waals surface area contributed by atoms with Crippen LogP contribution in [0.5, 0.6) is 0 Å². The summed E-state index contributed by atoms with van der Waals surface area (Å²) in [5.41, 5.74) is 0.284. The van der Waals surface area contributed by atoms with E-state index >= 15 is 0 Å². The molecule has 2 fully saturated rings. The molecule has 0 aromatic carbocycles. The number of nitrogens with zero attached hydrogens (tertiary/aromatic N) is 1. The number of amides is 1. The second-order valence-electron chi connectivity index (χ2n) is 3.82. The number of carbonyl (C=O) groups excluding carboxylic acids is 1. The molecule has 2 aliphatic heterocycles. The molecule has 1 unspecified atom stereocenters. The van der Waals surface area contributed by atoms with Crippen molar-refractivity contribution in [3.8, 4) is 0 Å². The van der Waals surface area contributed by atoms with Gasteiger partial charge in [0.1, 0.15) is 0 Å². The first-order valence-corrected chi connectivity index (χ1v) is 4.12. The maximum absolute atomic E-state index is 11.3. The molecule has 0 radical (unpaired) electrons. The Morgan fingerprint density at radius 2 is 2.27 bits per heavy atom. The van der Waals surface area contributed by atoms with Crippen LogP contribution in [0.4, 0.5) is 0 Å². The van der Waals surface area contributed by atoms with Crippen LogP contribution in [-0.4, -0.2) is 37.0 Å². The van der Waals surface area contributed by atoms with Gasteiger partial charge in [0.15, 0.2) is 0 Å². The average molecular weight is 154 g/mol. The van der Waals surface area contributed by atoms with Gasteiger partial charge in [-0.1, -0.05) is 0 Å². The van der Waals surface area contributed by atoms with Gasteiger partial charge in [-0.3, -0.25) is 4.79 Å². The van der Waals surface area contributed by atoms with Crippen molar-refractivity contribution in [1.29, 1.82) is 0 Å². The van der Waals surface area contributed by atoms with E-state index in [2.05, 4.69) is 12.2 Å². The average Bonchev–Trinajstić information content (AvgIpc) is 2.12. The minimum atomic E-state index is 0.284. The van der Waals surface area contributed by atoms with Gasteiger partial charge in [-0.2, -0.15) is 0 Å². The predicted octanol–water partition coefficient (Wildman–Crippen LogP) is -0.173. The summed E-state index contributed by atoms with van der Waals surface area (Å²) >= 11 is 0. The Labute approximate surface area is 66.8 Å². The number of hydrogen-bond acceptors (Lipinski definition) is 2. The van der Waals surface area contributed by atoms with Gasteiger partial charge in [0.05, 0.1) is 0 Å². The molecule has 2 saturated heterocycles. The molecular weight excluding hydrogens is 140 g/mol.